The second-order valence-electron chi connectivity index (χ2n) is 7.75. The number of rotatable bonds is 8. The minimum atomic E-state index is -4.06. The summed E-state index contributed by atoms with van der Waals surface area (Å²) >= 11 is 0. The van der Waals surface area contributed by atoms with Crippen LogP contribution in [0.3, 0.4) is 0 Å². The van der Waals surface area contributed by atoms with Crippen molar-refractivity contribution in [3.8, 4) is 5.69 Å². The van der Waals surface area contributed by atoms with Crippen LogP contribution in [0.1, 0.15) is 19.5 Å². The maximum Gasteiger partial charge on any atom is 0.322 e. The highest BCUT2D eigenvalue weighted by molar-refractivity contribution is 7.89. The van der Waals surface area contributed by atoms with Gasteiger partial charge in [-0.3, -0.25) is 4.79 Å². The SMILES string of the molecule is CC(C)C(NS(=O)(=O)c1ccc2oc3cc(-n4cc(CCO)nn4)ccc3c2c1)C(=O)O. The van der Waals surface area contributed by atoms with Crippen LogP contribution >= 0.6 is 0 Å². The lowest BCUT2D eigenvalue weighted by atomic mass is 10.1. The third-order valence-electron chi connectivity index (χ3n) is 5.12. The van der Waals surface area contributed by atoms with Gasteiger partial charge in [0.05, 0.1) is 22.5 Å². The van der Waals surface area contributed by atoms with Crippen molar-refractivity contribution in [2.75, 3.05) is 6.61 Å². The van der Waals surface area contributed by atoms with Gasteiger partial charge < -0.3 is 14.6 Å². The number of fused-ring (bicyclic) bond motifs is 3. The fourth-order valence-corrected chi connectivity index (χ4v) is 4.78. The number of hydrogen-bond acceptors (Lipinski definition) is 7. The van der Waals surface area contributed by atoms with E-state index in [4.69, 9.17) is 9.52 Å². The lowest BCUT2D eigenvalue weighted by molar-refractivity contribution is -0.140. The second kappa shape index (κ2) is 8.34. The number of carboxylic acid groups (broad SMARTS) is 1. The predicted octanol–water partition coefficient (Wildman–Crippen LogP) is 2.09. The van der Waals surface area contributed by atoms with Crippen LogP contribution in [-0.2, 0) is 21.2 Å². The number of nitrogens with one attached hydrogen (secondary N) is 1. The third-order valence-corrected chi connectivity index (χ3v) is 6.56. The molecule has 4 rings (SSSR count). The summed E-state index contributed by atoms with van der Waals surface area (Å²) in [6.07, 6.45) is 2.11. The van der Waals surface area contributed by atoms with Crippen molar-refractivity contribution in [2.24, 2.45) is 5.92 Å². The van der Waals surface area contributed by atoms with E-state index < -0.39 is 28.0 Å². The van der Waals surface area contributed by atoms with Crippen LogP contribution in [0.5, 0.6) is 0 Å². The number of furan rings is 1. The largest absolute Gasteiger partial charge is 0.480 e. The number of carboxylic acids is 1. The monoisotopic (exact) mass is 458 g/mol. The zero-order valence-corrected chi connectivity index (χ0v) is 18.2. The van der Waals surface area contributed by atoms with Crippen LogP contribution in [0, 0.1) is 5.92 Å². The maximum absolute atomic E-state index is 12.8. The first-order chi connectivity index (χ1) is 15.2. The molecule has 10 nitrogen and oxygen atoms in total. The first kappa shape index (κ1) is 21.9. The van der Waals surface area contributed by atoms with Gasteiger partial charge in [0.1, 0.15) is 17.2 Å². The molecular weight excluding hydrogens is 436 g/mol. The van der Waals surface area contributed by atoms with E-state index in [1.165, 1.54) is 12.1 Å². The molecule has 1 atom stereocenters. The molecule has 168 valence electrons. The molecule has 32 heavy (non-hydrogen) atoms. The molecule has 1 unspecified atom stereocenters. The van der Waals surface area contributed by atoms with Gasteiger partial charge in [-0.1, -0.05) is 19.1 Å². The number of aliphatic hydroxyl groups is 1. The Labute approximate surface area is 183 Å². The molecule has 2 heterocycles. The molecule has 0 amide bonds. The molecule has 11 heteroatoms. The third kappa shape index (κ3) is 4.09. The Kier molecular flexibility index (Phi) is 5.71. The van der Waals surface area contributed by atoms with Crippen LogP contribution in [0.2, 0.25) is 0 Å². The van der Waals surface area contributed by atoms with Gasteiger partial charge in [-0.15, -0.1) is 5.10 Å². The van der Waals surface area contributed by atoms with Gasteiger partial charge in [0.2, 0.25) is 10.0 Å². The summed E-state index contributed by atoms with van der Waals surface area (Å²) in [7, 11) is -4.06. The summed E-state index contributed by atoms with van der Waals surface area (Å²) in [6.45, 7) is 3.24. The fourth-order valence-electron chi connectivity index (χ4n) is 3.42. The van der Waals surface area contributed by atoms with E-state index in [1.807, 2.05) is 0 Å². The molecule has 0 aliphatic rings. The maximum atomic E-state index is 12.8. The van der Waals surface area contributed by atoms with Crippen molar-refractivity contribution in [3.63, 3.8) is 0 Å². The summed E-state index contributed by atoms with van der Waals surface area (Å²) in [6, 6.07) is 8.51. The molecule has 4 aromatic rings. The zero-order chi connectivity index (χ0) is 23.0. The van der Waals surface area contributed by atoms with E-state index >= 15 is 0 Å². The number of nitrogens with zero attached hydrogens (tertiary/aromatic N) is 3. The fraction of sp³-hybridized carbons (Fsp3) is 0.286. The number of sulfonamides is 1. The number of carbonyl (C=O) groups is 1. The smallest absolute Gasteiger partial charge is 0.322 e. The molecule has 3 N–H and O–H groups in total. The van der Waals surface area contributed by atoms with Gasteiger partial charge in [0.25, 0.3) is 0 Å². The Bertz CT molecular complexity index is 1410. The van der Waals surface area contributed by atoms with Crippen LogP contribution < -0.4 is 4.72 Å². The number of benzene rings is 2. The van der Waals surface area contributed by atoms with Crippen LogP contribution in [0.4, 0.5) is 0 Å². The Hall–Kier alpha value is -3.28. The van der Waals surface area contributed by atoms with Crippen molar-refractivity contribution in [1.82, 2.24) is 19.7 Å². The van der Waals surface area contributed by atoms with Crippen LogP contribution in [0.25, 0.3) is 27.6 Å². The first-order valence-electron chi connectivity index (χ1n) is 9.93. The predicted molar refractivity (Wildman–Crippen MR) is 116 cm³/mol. The molecule has 0 bridgehead atoms. The summed E-state index contributed by atoms with van der Waals surface area (Å²) in [5.41, 5.74) is 2.38. The summed E-state index contributed by atoms with van der Waals surface area (Å²) < 4.78 is 35.3. The molecule has 0 radical (unpaired) electrons. The number of hydrogen-bond donors (Lipinski definition) is 3. The zero-order valence-electron chi connectivity index (χ0n) is 17.4. The average Bonchev–Trinajstić information content (AvgIpc) is 3.35. The van der Waals surface area contributed by atoms with Crippen LogP contribution in [0.15, 0.2) is 51.9 Å². The van der Waals surface area contributed by atoms with E-state index in [-0.39, 0.29) is 11.5 Å². The second-order valence-corrected chi connectivity index (χ2v) is 9.46. The quantitative estimate of drug-likeness (QED) is 0.364. The molecule has 2 aromatic heterocycles. The summed E-state index contributed by atoms with van der Waals surface area (Å²) in [5.74, 6) is -1.66. The van der Waals surface area contributed by atoms with Gasteiger partial charge >= 0.3 is 5.97 Å². The molecule has 2 aromatic carbocycles. The lowest BCUT2D eigenvalue weighted by Gasteiger charge is -2.17. The Morgan fingerprint density at radius 1 is 1.16 bits per heavy atom. The van der Waals surface area contributed by atoms with Crippen molar-refractivity contribution >= 4 is 37.9 Å². The van der Waals surface area contributed by atoms with Crippen LogP contribution in [-0.4, -0.2) is 52.2 Å². The van der Waals surface area contributed by atoms with Gasteiger partial charge in [-0.05, 0) is 36.2 Å². The van der Waals surface area contributed by atoms with E-state index in [2.05, 4.69) is 15.0 Å². The average molecular weight is 458 g/mol. The Morgan fingerprint density at radius 3 is 2.62 bits per heavy atom. The molecule has 0 saturated carbocycles. The molecule has 0 spiro atoms. The Morgan fingerprint density at radius 2 is 1.94 bits per heavy atom. The van der Waals surface area contributed by atoms with E-state index in [1.54, 1.807) is 49.0 Å². The number of aliphatic hydroxyl groups excluding tert-OH is 1. The molecule has 0 aliphatic heterocycles. The highest BCUT2D eigenvalue weighted by Crippen LogP contribution is 2.32. The van der Waals surface area contributed by atoms with Crippen molar-refractivity contribution in [1.29, 1.82) is 0 Å². The van der Waals surface area contributed by atoms with E-state index in [9.17, 15) is 18.3 Å². The summed E-state index contributed by atoms with van der Waals surface area (Å²) in [4.78, 5) is 11.4. The normalized spacial score (nSPS) is 13.2. The van der Waals surface area contributed by atoms with E-state index in [0.717, 1.165) is 0 Å². The first-order valence-corrected chi connectivity index (χ1v) is 11.4. The molecular formula is C21H22N4O6S. The molecule has 0 aliphatic carbocycles. The standard InChI is InChI=1S/C21H22N4O6S/c1-12(2)20(21(27)28)23-32(29,30)15-4-6-18-17(10-15)16-5-3-14(9-19(16)31-18)25-11-13(7-8-26)22-24-25/h3-6,9-12,20,23,26H,7-8H2,1-2H3,(H,27,28). The van der Waals surface area contributed by atoms with Gasteiger partial charge in [-0.25, -0.2) is 13.1 Å². The molecule has 0 saturated heterocycles. The highest BCUT2D eigenvalue weighted by atomic mass is 32.2. The van der Waals surface area contributed by atoms with Crippen molar-refractivity contribution < 1.29 is 27.8 Å². The minimum absolute atomic E-state index is 0.0220. The minimum Gasteiger partial charge on any atom is -0.480 e. The van der Waals surface area contributed by atoms with Gasteiger partial charge in [0.15, 0.2) is 0 Å². The lowest BCUT2D eigenvalue weighted by Crippen LogP contribution is -2.44. The van der Waals surface area contributed by atoms with Gasteiger partial charge in [-0.2, -0.15) is 4.72 Å². The van der Waals surface area contributed by atoms with Gasteiger partial charge in [0, 0.05) is 29.9 Å². The topological polar surface area (TPSA) is 148 Å². The highest BCUT2D eigenvalue weighted by Gasteiger charge is 2.28. The van der Waals surface area contributed by atoms with Crippen molar-refractivity contribution in [3.05, 3.63) is 48.3 Å². The number of aromatic nitrogens is 3. The van der Waals surface area contributed by atoms with E-state index in [0.29, 0.717) is 39.7 Å². The Balaban J connectivity index is 1.72. The summed E-state index contributed by atoms with van der Waals surface area (Å²) in [5, 5.41) is 27.7. The van der Waals surface area contributed by atoms with Crippen molar-refractivity contribution in [2.45, 2.75) is 31.2 Å². The molecule has 0 fully saturated rings. The number of aliphatic carboxylic acids is 1.